The van der Waals surface area contributed by atoms with Crippen molar-refractivity contribution in [2.75, 3.05) is 0 Å². The Balaban J connectivity index is 2.87. The normalized spacial score (nSPS) is 12.0. The molecule has 0 radical (unpaired) electrons. The molecule has 0 aliphatic heterocycles. The Labute approximate surface area is 74.6 Å². The lowest BCUT2D eigenvalue weighted by molar-refractivity contribution is 1.34. The van der Waals surface area contributed by atoms with E-state index in [1.807, 2.05) is 0 Å². The minimum absolute atomic E-state index is 0.443. The van der Waals surface area contributed by atoms with Crippen LogP contribution in [-0.4, -0.2) is 9.96 Å². The lowest BCUT2D eigenvalue weighted by atomic mass is 10.3. The van der Waals surface area contributed by atoms with E-state index in [4.69, 9.17) is 24.6 Å². The molecule has 0 spiro atoms. The number of aromatic amines is 1. The molecule has 11 heavy (non-hydrogen) atoms. The fourth-order valence-corrected chi connectivity index (χ4v) is 1.20. The second kappa shape index (κ2) is 2.40. The summed E-state index contributed by atoms with van der Waals surface area (Å²) < 4.78 is 7.36. The number of imidazole rings is 1. The van der Waals surface area contributed by atoms with Gasteiger partial charge in [-0.15, -0.1) is 0 Å². The molecule has 0 bridgehead atoms. The van der Waals surface area contributed by atoms with Crippen LogP contribution in [0.25, 0.3) is 11.0 Å². The molecule has 56 valence electrons. The molecule has 1 heterocycles. The van der Waals surface area contributed by atoms with E-state index in [-0.39, 0.29) is 0 Å². The topological polar surface area (TPSA) is 28.7 Å². The molecule has 2 nitrogen and oxygen atoms in total. The SMILES string of the molecule is [2H]n1cnc2cc(Cl)c(Cl)cc21. The first kappa shape index (κ1) is 5.86. The van der Waals surface area contributed by atoms with E-state index in [1.165, 1.54) is 6.33 Å². The van der Waals surface area contributed by atoms with Crippen LogP contribution in [0.5, 0.6) is 0 Å². The van der Waals surface area contributed by atoms with Crippen molar-refractivity contribution in [1.82, 2.24) is 9.96 Å². The smallest absolute Gasteiger partial charge is 0.168 e. The predicted molar refractivity (Wildman–Crippen MR) is 46.1 cm³/mol. The molecule has 0 aliphatic carbocycles. The van der Waals surface area contributed by atoms with Gasteiger partial charge in [-0.3, -0.25) is 0 Å². The van der Waals surface area contributed by atoms with E-state index in [2.05, 4.69) is 4.98 Å². The zero-order valence-electron chi connectivity index (χ0n) is 6.38. The van der Waals surface area contributed by atoms with Gasteiger partial charge >= 0.3 is 0 Å². The number of rotatable bonds is 0. The van der Waals surface area contributed by atoms with Gasteiger partial charge in [0.25, 0.3) is 0 Å². The minimum atomic E-state index is 0.443. The van der Waals surface area contributed by atoms with Gasteiger partial charge in [0.05, 0.1) is 27.4 Å². The van der Waals surface area contributed by atoms with Crippen LogP contribution in [0, 0.1) is 0 Å². The number of nitrogens with one attached hydrogen (secondary N) is 1. The standard InChI is InChI=1S/C7H4Cl2N2/c8-4-1-6-7(2-5(4)9)11-3-10-6/h1-3H,(H,10,11)/i/hD. The van der Waals surface area contributed by atoms with Gasteiger partial charge in [0.15, 0.2) is 1.41 Å². The molecule has 0 atom stereocenters. The highest BCUT2D eigenvalue weighted by molar-refractivity contribution is 6.42. The fraction of sp³-hybridized carbons (Fsp3) is 0. The molecule has 2 rings (SSSR count). The van der Waals surface area contributed by atoms with Gasteiger partial charge in [-0.05, 0) is 12.1 Å². The van der Waals surface area contributed by atoms with Crippen LogP contribution < -0.4 is 0 Å². The van der Waals surface area contributed by atoms with Crippen LogP contribution in [0.4, 0.5) is 0 Å². The molecule has 4 heteroatoms. The number of fused-ring (bicyclic) bond motifs is 1. The Kier molecular flexibility index (Phi) is 1.28. The average molecular weight is 188 g/mol. The monoisotopic (exact) mass is 187 g/mol. The third kappa shape index (κ3) is 1.08. The molecule has 2 aromatic rings. The number of aromatic nitrogens is 2. The molecule has 0 fully saturated rings. The van der Waals surface area contributed by atoms with Gasteiger partial charge in [0.2, 0.25) is 0 Å². The van der Waals surface area contributed by atoms with E-state index in [1.54, 1.807) is 12.1 Å². The summed E-state index contributed by atoms with van der Waals surface area (Å²) in [7, 11) is 0. The molecule has 0 unspecified atom stereocenters. The Bertz CT molecular complexity index is 438. The van der Waals surface area contributed by atoms with Gasteiger partial charge in [-0.2, -0.15) is 0 Å². The van der Waals surface area contributed by atoms with E-state index in [0.717, 1.165) is 4.98 Å². The number of hydrogen-bond acceptors (Lipinski definition) is 1. The second-order valence-corrected chi connectivity index (χ2v) is 2.94. The summed E-state index contributed by atoms with van der Waals surface area (Å²) in [6.07, 6.45) is 1.40. The Morgan fingerprint density at radius 2 is 2.09 bits per heavy atom. The summed E-state index contributed by atoms with van der Waals surface area (Å²) in [6, 6.07) is 3.27. The summed E-state index contributed by atoms with van der Waals surface area (Å²) in [5.74, 6) is 0. The maximum absolute atomic E-state index is 7.36. The molecular weight excluding hydrogens is 183 g/mol. The first-order valence-electron chi connectivity index (χ1n) is 3.44. The quantitative estimate of drug-likeness (QED) is 0.676. The van der Waals surface area contributed by atoms with Gasteiger partial charge in [-0.25, -0.2) is 4.98 Å². The predicted octanol–water partition coefficient (Wildman–Crippen LogP) is 2.87. The van der Waals surface area contributed by atoms with E-state index < -0.39 is 0 Å². The highest BCUT2D eigenvalue weighted by atomic mass is 35.5. The van der Waals surface area contributed by atoms with Crippen LogP contribution in [0.2, 0.25) is 11.5 Å². The van der Waals surface area contributed by atoms with Crippen LogP contribution in [0.1, 0.15) is 0 Å². The maximum atomic E-state index is 7.36. The molecule has 0 aliphatic rings. The largest absolute Gasteiger partial charge is 0.345 e. The molecule has 0 saturated carbocycles. The summed E-state index contributed by atoms with van der Waals surface area (Å²) >= 11 is 11.5. The number of nitrogens with zero attached hydrogens (tertiary/aromatic N) is 1. The molecular formula is C7H4Cl2N2. The molecule has 1 N–H and O–H groups in total. The third-order valence-electron chi connectivity index (χ3n) is 1.41. The second-order valence-electron chi connectivity index (χ2n) is 2.13. The van der Waals surface area contributed by atoms with E-state index in [0.29, 0.717) is 21.1 Å². The van der Waals surface area contributed by atoms with Crippen LogP contribution in [0.3, 0.4) is 0 Å². The van der Waals surface area contributed by atoms with Crippen molar-refractivity contribution in [2.24, 2.45) is 0 Å². The van der Waals surface area contributed by atoms with Gasteiger partial charge in [-0.1, -0.05) is 23.2 Å². The number of benzene rings is 1. The lowest BCUT2D eigenvalue weighted by Gasteiger charge is -1.93. The Morgan fingerprint density at radius 3 is 2.91 bits per heavy atom. The van der Waals surface area contributed by atoms with Gasteiger partial charge < -0.3 is 4.98 Å². The Hall–Kier alpha value is -0.730. The van der Waals surface area contributed by atoms with Gasteiger partial charge in [0, 0.05) is 0 Å². The van der Waals surface area contributed by atoms with Crippen molar-refractivity contribution in [1.29, 1.82) is 0 Å². The number of halogens is 2. The summed E-state index contributed by atoms with van der Waals surface area (Å²) in [5, 5.41) is 0.904. The Morgan fingerprint density at radius 1 is 1.36 bits per heavy atom. The van der Waals surface area contributed by atoms with E-state index >= 15 is 0 Å². The zero-order valence-corrected chi connectivity index (χ0v) is 6.89. The van der Waals surface area contributed by atoms with Crippen molar-refractivity contribution in [3.05, 3.63) is 28.5 Å². The van der Waals surface area contributed by atoms with Crippen LogP contribution in [0.15, 0.2) is 18.5 Å². The third-order valence-corrected chi connectivity index (χ3v) is 2.13. The molecule has 1 aromatic carbocycles. The van der Waals surface area contributed by atoms with Crippen LogP contribution in [-0.2, 0) is 0 Å². The minimum Gasteiger partial charge on any atom is -0.345 e. The fourth-order valence-electron chi connectivity index (χ4n) is 0.886. The van der Waals surface area contributed by atoms with Crippen LogP contribution >= 0.6 is 23.2 Å². The summed E-state index contributed by atoms with van der Waals surface area (Å²) in [5.41, 5.74) is 1.34. The zero-order chi connectivity index (χ0) is 8.72. The average Bonchev–Trinajstić information content (AvgIpc) is 2.35. The molecule has 0 saturated heterocycles. The van der Waals surface area contributed by atoms with Crippen molar-refractivity contribution in [3.63, 3.8) is 0 Å². The highest BCUT2D eigenvalue weighted by Crippen LogP contribution is 2.25. The summed E-state index contributed by atoms with van der Waals surface area (Å²) in [6.45, 7) is 0. The van der Waals surface area contributed by atoms with Crippen molar-refractivity contribution < 1.29 is 1.41 Å². The van der Waals surface area contributed by atoms with Crippen molar-refractivity contribution in [3.8, 4) is 0 Å². The highest BCUT2D eigenvalue weighted by Gasteiger charge is 2.01. The molecule has 1 aromatic heterocycles. The van der Waals surface area contributed by atoms with E-state index in [9.17, 15) is 0 Å². The lowest BCUT2D eigenvalue weighted by Crippen LogP contribution is -1.71. The number of hydrogen-bond donors (Lipinski definition) is 1. The first-order chi connectivity index (χ1) is 5.68. The van der Waals surface area contributed by atoms with Crippen molar-refractivity contribution >= 4 is 34.2 Å². The molecule has 0 amide bonds. The van der Waals surface area contributed by atoms with Crippen molar-refractivity contribution in [2.45, 2.75) is 0 Å². The van der Waals surface area contributed by atoms with Gasteiger partial charge in [0.1, 0.15) is 0 Å². The number of H-pyrrole nitrogens is 1. The first-order valence-corrected chi connectivity index (χ1v) is 3.75. The summed E-state index contributed by atoms with van der Waals surface area (Å²) in [4.78, 5) is 5.10. The maximum Gasteiger partial charge on any atom is 0.168 e.